The smallest absolute Gasteiger partial charge is 0.174 e. The number of halogens is 1. The number of nitrogens with zero attached hydrogens (tertiary/aromatic N) is 3. The third-order valence-corrected chi connectivity index (χ3v) is 4.75. The van der Waals surface area contributed by atoms with Gasteiger partial charge < -0.3 is 10.1 Å². The number of morpholine rings is 1. The van der Waals surface area contributed by atoms with Gasteiger partial charge in [-0.3, -0.25) is 9.80 Å². The monoisotopic (exact) mass is 406 g/mol. The standard InChI is InChI=1S/C20H26N4OS.ClH/c26-20(22-11-6-12-23-13-15-25-16-14-23)24(19-9-4-5-10-21-19)17-18-7-2-1-3-8-18;/h1-5,7-10H,6,11-17H2,(H,22,26);1H. The topological polar surface area (TPSA) is 40.6 Å². The van der Waals surface area contributed by atoms with Crippen LogP contribution in [0.1, 0.15) is 12.0 Å². The first-order chi connectivity index (χ1) is 12.8. The lowest BCUT2D eigenvalue weighted by Gasteiger charge is -2.27. The zero-order chi connectivity index (χ0) is 18.0. The van der Waals surface area contributed by atoms with Crippen molar-refractivity contribution in [2.75, 3.05) is 44.3 Å². The second-order valence-corrected chi connectivity index (χ2v) is 6.69. The van der Waals surface area contributed by atoms with Crippen LogP contribution in [-0.2, 0) is 11.3 Å². The highest BCUT2D eigenvalue weighted by atomic mass is 35.5. The highest BCUT2D eigenvalue weighted by Gasteiger charge is 2.14. The zero-order valence-corrected chi connectivity index (χ0v) is 17.1. The molecule has 0 bridgehead atoms. The van der Waals surface area contributed by atoms with Crippen LogP contribution in [0.5, 0.6) is 0 Å². The second-order valence-electron chi connectivity index (χ2n) is 6.30. The van der Waals surface area contributed by atoms with Crippen LogP contribution in [-0.4, -0.2) is 54.4 Å². The molecule has 0 radical (unpaired) electrons. The van der Waals surface area contributed by atoms with Crippen molar-refractivity contribution in [3.05, 3.63) is 60.3 Å². The molecule has 0 aliphatic carbocycles. The van der Waals surface area contributed by atoms with Crippen LogP contribution in [0.25, 0.3) is 0 Å². The van der Waals surface area contributed by atoms with Crippen LogP contribution in [0.4, 0.5) is 5.82 Å². The minimum Gasteiger partial charge on any atom is -0.379 e. The number of hydrogen-bond acceptors (Lipinski definition) is 4. The summed E-state index contributed by atoms with van der Waals surface area (Å²) in [6.45, 7) is 6.37. The third kappa shape index (κ3) is 7.07. The first-order valence-electron chi connectivity index (χ1n) is 9.13. The Morgan fingerprint density at radius 1 is 1.11 bits per heavy atom. The van der Waals surface area contributed by atoms with E-state index in [9.17, 15) is 0 Å². The lowest BCUT2D eigenvalue weighted by molar-refractivity contribution is 0.0376. The van der Waals surface area contributed by atoms with Gasteiger partial charge in [0.15, 0.2) is 5.11 Å². The van der Waals surface area contributed by atoms with E-state index < -0.39 is 0 Å². The molecular weight excluding hydrogens is 380 g/mol. The molecule has 7 heteroatoms. The Hall–Kier alpha value is -1.73. The van der Waals surface area contributed by atoms with Crippen molar-refractivity contribution in [3.63, 3.8) is 0 Å². The van der Waals surface area contributed by atoms with Gasteiger partial charge in [-0.15, -0.1) is 12.4 Å². The van der Waals surface area contributed by atoms with Gasteiger partial charge in [0, 0.05) is 25.8 Å². The number of benzene rings is 1. The van der Waals surface area contributed by atoms with E-state index in [-0.39, 0.29) is 12.4 Å². The Morgan fingerprint density at radius 2 is 1.85 bits per heavy atom. The van der Waals surface area contributed by atoms with E-state index in [4.69, 9.17) is 17.0 Å². The number of nitrogens with one attached hydrogen (secondary N) is 1. The van der Waals surface area contributed by atoms with E-state index in [1.54, 1.807) is 6.20 Å². The summed E-state index contributed by atoms with van der Waals surface area (Å²) in [7, 11) is 0. The van der Waals surface area contributed by atoms with Crippen molar-refractivity contribution in [2.45, 2.75) is 13.0 Å². The molecule has 1 aromatic carbocycles. The molecule has 1 fully saturated rings. The molecule has 0 atom stereocenters. The van der Waals surface area contributed by atoms with Crippen molar-refractivity contribution in [1.29, 1.82) is 0 Å². The molecule has 146 valence electrons. The first-order valence-corrected chi connectivity index (χ1v) is 9.54. The summed E-state index contributed by atoms with van der Waals surface area (Å²) in [5.74, 6) is 0.863. The summed E-state index contributed by atoms with van der Waals surface area (Å²) in [5.41, 5.74) is 1.20. The molecule has 5 nitrogen and oxygen atoms in total. The van der Waals surface area contributed by atoms with Crippen molar-refractivity contribution < 1.29 is 4.74 Å². The van der Waals surface area contributed by atoms with Crippen LogP contribution in [0.15, 0.2) is 54.7 Å². The maximum absolute atomic E-state index is 5.67. The summed E-state index contributed by atoms with van der Waals surface area (Å²) in [6, 6.07) is 16.2. The van der Waals surface area contributed by atoms with Gasteiger partial charge in [-0.05, 0) is 42.9 Å². The Bertz CT molecular complexity index is 668. The van der Waals surface area contributed by atoms with Crippen LogP contribution < -0.4 is 10.2 Å². The SMILES string of the molecule is Cl.S=C(NCCCN1CCOCC1)N(Cc1ccccc1)c1ccccn1. The number of pyridine rings is 1. The fourth-order valence-corrected chi connectivity index (χ4v) is 3.21. The number of thiocarbonyl (C=S) groups is 1. The molecule has 1 aliphatic heterocycles. The predicted molar refractivity (Wildman–Crippen MR) is 117 cm³/mol. The molecule has 1 aliphatic rings. The first kappa shape index (κ1) is 21.6. The molecule has 3 rings (SSSR count). The summed E-state index contributed by atoms with van der Waals surface area (Å²) >= 11 is 5.67. The van der Waals surface area contributed by atoms with E-state index in [2.05, 4.69) is 32.2 Å². The van der Waals surface area contributed by atoms with E-state index in [0.717, 1.165) is 56.7 Å². The average molecular weight is 407 g/mol. The molecule has 0 unspecified atom stereocenters. The lowest BCUT2D eigenvalue weighted by atomic mass is 10.2. The molecular formula is C20H27ClN4OS. The number of anilines is 1. The molecule has 2 aromatic rings. The predicted octanol–water partition coefficient (Wildman–Crippen LogP) is 3.11. The highest BCUT2D eigenvalue weighted by Crippen LogP contribution is 2.14. The van der Waals surface area contributed by atoms with E-state index in [1.165, 1.54) is 5.56 Å². The summed E-state index contributed by atoms with van der Waals surface area (Å²) in [6.07, 6.45) is 2.86. The number of hydrogen-bond donors (Lipinski definition) is 1. The molecule has 27 heavy (non-hydrogen) atoms. The van der Waals surface area contributed by atoms with Crippen LogP contribution >= 0.6 is 24.6 Å². The molecule has 2 heterocycles. The minimum atomic E-state index is 0. The second kappa shape index (κ2) is 11.9. The van der Waals surface area contributed by atoms with E-state index in [0.29, 0.717) is 6.54 Å². The minimum absolute atomic E-state index is 0. The Labute approximate surface area is 173 Å². The van der Waals surface area contributed by atoms with Gasteiger partial charge >= 0.3 is 0 Å². The van der Waals surface area contributed by atoms with Gasteiger partial charge in [0.05, 0.1) is 19.8 Å². The number of aromatic nitrogens is 1. The van der Waals surface area contributed by atoms with Crippen molar-refractivity contribution in [3.8, 4) is 0 Å². The quantitative estimate of drug-likeness (QED) is 0.562. The summed E-state index contributed by atoms with van der Waals surface area (Å²) in [4.78, 5) is 8.97. The van der Waals surface area contributed by atoms with Crippen molar-refractivity contribution in [1.82, 2.24) is 15.2 Å². The van der Waals surface area contributed by atoms with Gasteiger partial charge in [0.1, 0.15) is 5.82 Å². The van der Waals surface area contributed by atoms with Gasteiger partial charge in [0.25, 0.3) is 0 Å². The normalized spacial score (nSPS) is 14.2. The molecule has 1 saturated heterocycles. The fraction of sp³-hybridized carbons (Fsp3) is 0.400. The molecule has 0 saturated carbocycles. The Kier molecular flexibility index (Phi) is 9.48. The average Bonchev–Trinajstić information content (AvgIpc) is 2.71. The van der Waals surface area contributed by atoms with Crippen molar-refractivity contribution >= 4 is 35.6 Å². The van der Waals surface area contributed by atoms with Gasteiger partial charge in [-0.2, -0.15) is 0 Å². The van der Waals surface area contributed by atoms with Crippen molar-refractivity contribution in [2.24, 2.45) is 0 Å². The van der Waals surface area contributed by atoms with E-state index in [1.807, 2.05) is 36.4 Å². The molecule has 0 amide bonds. The summed E-state index contributed by atoms with van der Waals surface area (Å²) < 4.78 is 5.39. The molecule has 1 N–H and O–H groups in total. The van der Waals surface area contributed by atoms with Crippen LogP contribution in [0.2, 0.25) is 0 Å². The van der Waals surface area contributed by atoms with Crippen LogP contribution in [0.3, 0.4) is 0 Å². The van der Waals surface area contributed by atoms with Gasteiger partial charge in [-0.25, -0.2) is 4.98 Å². The largest absolute Gasteiger partial charge is 0.379 e. The lowest BCUT2D eigenvalue weighted by Crippen LogP contribution is -2.42. The number of rotatable bonds is 7. The summed E-state index contributed by atoms with van der Waals surface area (Å²) in [5, 5.41) is 4.12. The van der Waals surface area contributed by atoms with Crippen LogP contribution in [0, 0.1) is 0 Å². The highest BCUT2D eigenvalue weighted by molar-refractivity contribution is 7.80. The molecule has 0 spiro atoms. The maximum Gasteiger partial charge on any atom is 0.174 e. The number of ether oxygens (including phenoxy) is 1. The Morgan fingerprint density at radius 3 is 2.56 bits per heavy atom. The molecule has 1 aromatic heterocycles. The third-order valence-electron chi connectivity index (χ3n) is 4.39. The maximum atomic E-state index is 5.67. The Balaban J connectivity index is 0.00000261. The zero-order valence-electron chi connectivity index (χ0n) is 15.4. The fourth-order valence-electron chi connectivity index (χ4n) is 2.95. The van der Waals surface area contributed by atoms with Gasteiger partial charge in [0.2, 0.25) is 0 Å². The van der Waals surface area contributed by atoms with E-state index >= 15 is 0 Å². The van der Waals surface area contributed by atoms with Gasteiger partial charge in [-0.1, -0.05) is 36.4 Å².